The molecule has 0 atom stereocenters. The first-order valence-corrected chi connectivity index (χ1v) is 7.64. The van der Waals surface area contributed by atoms with Gasteiger partial charge < -0.3 is 5.32 Å². The molecule has 116 valence electrons. The topological polar surface area (TPSA) is 79.4 Å². The van der Waals surface area contributed by atoms with Crippen LogP contribution in [0, 0.1) is 6.92 Å². The molecule has 1 aromatic heterocycles. The molecule has 6 nitrogen and oxygen atoms in total. The maximum absolute atomic E-state index is 12.2. The van der Waals surface area contributed by atoms with Crippen molar-refractivity contribution >= 4 is 39.3 Å². The summed E-state index contributed by atoms with van der Waals surface area (Å²) in [5, 5.41) is 2.68. The van der Waals surface area contributed by atoms with Crippen LogP contribution in [0.25, 0.3) is 0 Å². The highest BCUT2D eigenvalue weighted by Crippen LogP contribution is 2.24. The monoisotopic (exact) mass is 373 g/mol. The van der Waals surface area contributed by atoms with Crippen LogP contribution in [-0.2, 0) is 4.79 Å². The Kier molecular flexibility index (Phi) is 3.96. The standard InChI is InChI=1S/C16H12BrN3O3/c1-9-4-5-12(11(17)7-9)19-13(21)8-20-15(22)10-3-2-6-18-14(10)16(20)23/h2-7H,8H2,1H3,(H,19,21). The van der Waals surface area contributed by atoms with Gasteiger partial charge in [-0.05, 0) is 52.7 Å². The van der Waals surface area contributed by atoms with Crippen LogP contribution in [0.4, 0.5) is 5.69 Å². The van der Waals surface area contributed by atoms with Gasteiger partial charge in [0.05, 0.1) is 11.3 Å². The average Bonchev–Trinajstić information content (AvgIpc) is 2.76. The van der Waals surface area contributed by atoms with Crippen molar-refractivity contribution in [3.05, 3.63) is 57.8 Å². The van der Waals surface area contributed by atoms with Gasteiger partial charge in [0.1, 0.15) is 12.2 Å². The number of imide groups is 1. The Labute approximate surface area is 140 Å². The number of nitrogens with one attached hydrogen (secondary N) is 1. The summed E-state index contributed by atoms with van der Waals surface area (Å²) < 4.78 is 0.731. The summed E-state index contributed by atoms with van der Waals surface area (Å²) in [5.41, 5.74) is 1.93. The minimum atomic E-state index is -0.552. The summed E-state index contributed by atoms with van der Waals surface area (Å²) in [5.74, 6) is -1.51. The SMILES string of the molecule is Cc1ccc(NC(=O)CN2C(=O)c3cccnc3C2=O)c(Br)c1. The lowest BCUT2D eigenvalue weighted by molar-refractivity contribution is -0.116. The first-order chi connectivity index (χ1) is 11.0. The third-order valence-corrected chi connectivity index (χ3v) is 4.09. The van der Waals surface area contributed by atoms with Gasteiger partial charge in [-0.1, -0.05) is 6.07 Å². The van der Waals surface area contributed by atoms with E-state index in [4.69, 9.17) is 0 Å². The Morgan fingerprint density at radius 3 is 2.74 bits per heavy atom. The number of carbonyl (C=O) groups is 3. The van der Waals surface area contributed by atoms with Gasteiger partial charge in [0.15, 0.2) is 0 Å². The van der Waals surface area contributed by atoms with Crippen molar-refractivity contribution in [3.8, 4) is 0 Å². The number of anilines is 1. The van der Waals surface area contributed by atoms with Crippen molar-refractivity contribution in [2.24, 2.45) is 0 Å². The van der Waals surface area contributed by atoms with Gasteiger partial charge in [-0.25, -0.2) is 0 Å². The number of aromatic nitrogens is 1. The zero-order valence-electron chi connectivity index (χ0n) is 12.2. The number of hydrogen-bond acceptors (Lipinski definition) is 4. The van der Waals surface area contributed by atoms with Crippen LogP contribution in [0.1, 0.15) is 26.4 Å². The number of pyridine rings is 1. The van der Waals surface area contributed by atoms with Gasteiger partial charge in [0, 0.05) is 10.7 Å². The molecule has 7 heteroatoms. The fourth-order valence-electron chi connectivity index (χ4n) is 2.31. The normalized spacial score (nSPS) is 13.2. The number of amides is 3. The Hall–Kier alpha value is -2.54. The fourth-order valence-corrected chi connectivity index (χ4v) is 2.90. The number of fused-ring (bicyclic) bond motifs is 1. The minimum absolute atomic E-state index is 0.0850. The molecular weight excluding hydrogens is 362 g/mol. The summed E-state index contributed by atoms with van der Waals surface area (Å²) in [6.07, 6.45) is 1.44. The molecule has 23 heavy (non-hydrogen) atoms. The van der Waals surface area contributed by atoms with Crippen LogP contribution in [0.2, 0.25) is 0 Å². The van der Waals surface area contributed by atoms with Crippen molar-refractivity contribution in [1.29, 1.82) is 0 Å². The molecule has 1 N–H and O–H groups in total. The molecule has 1 aliphatic rings. The first kappa shape index (κ1) is 15.4. The molecule has 0 bridgehead atoms. The number of nitrogens with zero attached hydrogens (tertiary/aromatic N) is 2. The molecule has 0 aliphatic carbocycles. The molecule has 0 unspecified atom stereocenters. The molecule has 0 radical (unpaired) electrons. The van der Waals surface area contributed by atoms with Crippen molar-refractivity contribution in [1.82, 2.24) is 9.88 Å². The molecule has 1 aromatic carbocycles. The molecule has 3 rings (SSSR count). The van der Waals surface area contributed by atoms with Crippen molar-refractivity contribution in [2.75, 3.05) is 11.9 Å². The van der Waals surface area contributed by atoms with Gasteiger partial charge in [-0.3, -0.25) is 24.3 Å². The molecule has 1 aliphatic heterocycles. The van der Waals surface area contributed by atoms with Gasteiger partial charge in [0.2, 0.25) is 5.91 Å². The Bertz CT molecular complexity index is 800. The smallest absolute Gasteiger partial charge is 0.280 e. The second-order valence-corrected chi connectivity index (χ2v) is 5.98. The molecule has 2 heterocycles. The van der Waals surface area contributed by atoms with E-state index in [2.05, 4.69) is 26.2 Å². The van der Waals surface area contributed by atoms with Crippen molar-refractivity contribution < 1.29 is 14.4 Å². The zero-order valence-corrected chi connectivity index (χ0v) is 13.8. The molecule has 0 spiro atoms. The fraction of sp³-hybridized carbons (Fsp3) is 0.125. The summed E-state index contributed by atoms with van der Waals surface area (Å²) in [7, 11) is 0. The molecule has 3 amide bonds. The molecular formula is C16H12BrN3O3. The van der Waals surface area contributed by atoms with Crippen LogP contribution in [-0.4, -0.2) is 34.2 Å². The summed E-state index contributed by atoms with van der Waals surface area (Å²) in [4.78, 5) is 41.3. The highest BCUT2D eigenvalue weighted by Gasteiger charge is 2.37. The number of rotatable bonds is 3. The van der Waals surface area contributed by atoms with Gasteiger partial charge in [0.25, 0.3) is 11.8 Å². The second-order valence-electron chi connectivity index (χ2n) is 5.13. The minimum Gasteiger partial charge on any atom is -0.324 e. The Morgan fingerprint density at radius 2 is 2.04 bits per heavy atom. The van der Waals surface area contributed by atoms with Crippen LogP contribution in [0.5, 0.6) is 0 Å². The van der Waals surface area contributed by atoms with Crippen LogP contribution in [0.15, 0.2) is 41.0 Å². The predicted octanol–water partition coefficient (Wildman–Crippen LogP) is 2.39. The molecule has 0 fully saturated rings. The Morgan fingerprint density at radius 1 is 1.26 bits per heavy atom. The lowest BCUT2D eigenvalue weighted by Crippen LogP contribution is -2.37. The third-order valence-electron chi connectivity index (χ3n) is 3.43. The van der Waals surface area contributed by atoms with E-state index in [-0.39, 0.29) is 17.8 Å². The van der Waals surface area contributed by atoms with E-state index in [0.29, 0.717) is 5.69 Å². The summed E-state index contributed by atoms with van der Waals surface area (Å²) >= 11 is 3.36. The molecule has 0 saturated heterocycles. The average molecular weight is 374 g/mol. The van der Waals surface area contributed by atoms with Crippen LogP contribution >= 0.6 is 15.9 Å². The molecule has 0 saturated carbocycles. The predicted molar refractivity (Wildman–Crippen MR) is 87.1 cm³/mol. The lowest BCUT2D eigenvalue weighted by Gasteiger charge is -2.14. The van der Waals surface area contributed by atoms with Gasteiger partial charge in [-0.2, -0.15) is 0 Å². The quantitative estimate of drug-likeness (QED) is 0.837. The number of halogens is 1. The number of benzene rings is 1. The van der Waals surface area contributed by atoms with E-state index in [1.54, 1.807) is 12.1 Å². The van der Waals surface area contributed by atoms with Gasteiger partial charge >= 0.3 is 0 Å². The highest BCUT2D eigenvalue weighted by atomic mass is 79.9. The summed E-state index contributed by atoms with van der Waals surface area (Å²) in [6, 6.07) is 8.57. The van der Waals surface area contributed by atoms with Gasteiger partial charge in [-0.15, -0.1) is 0 Å². The van der Waals surface area contributed by atoms with Crippen molar-refractivity contribution in [3.63, 3.8) is 0 Å². The van der Waals surface area contributed by atoms with E-state index in [1.165, 1.54) is 12.3 Å². The number of hydrogen-bond donors (Lipinski definition) is 1. The highest BCUT2D eigenvalue weighted by molar-refractivity contribution is 9.10. The third kappa shape index (κ3) is 2.87. The second kappa shape index (κ2) is 5.92. The zero-order chi connectivity index (χ0) is 16.6. The number of aryl methyl sites for hydroxylation is 1. The van der Waals surface area contributed by atoms with E-state index < -0.39 is 17.7 Å². The lowest BCUT2D eigenvalue weighted by atomic mass is 10.2. The molecule has 2 aromatic rings. The largest absolute Gasteiger partial charge is 0.324 e. The Balaban J connectivity index is 1.74. The maximum atomic E-state index is 12.2. The van der Waals surface area contributed by atoms with E-state index in [1.807, 2.05) is 19.1 Å². The van der Waals surface area contributed by atoms with Crippen molar-refractivity contribution in [2.45, 2.75) is 6.92 Å². The van der Waals surface area contributed by atoms with E-state index in [0.717, 1.165) is 14.9 Å². The van der Waals surface area contributed by atoms with E-state index in [9.17, 15) is 14.4 Å². The number of carbonyl (C=O) groups excluding carboxylic acids is 3. The summed E-state index contributed by atoms with van der Waals surface area (Å²) in [6.45, 7) is 1.58. The van der Waals surface area contributed by atoms with Crippen LogP contribution < -0.4 is 5.32 Å². The first-order valence-electron chi connectivity index (χ1n) is 6.84. The maximum Gasteiger partial charge on any atom is 0.280 e. The van der Waals surface area contributed by atoms with Crippen LogP contribution in [0.3, 0.4) is 0 Å². The van der Waals surface area contributed by atoms with E-state index >= 15 is 0 Å².